The number of halogens is 1. The van der Waals surface area contributed by atoms with Gasteiger partial charge in [-0.25, -0.2) is 28.7 Å². The molecule has 1 N–H and O–H groups in total. The maximum atomic E-state index is 13.1. The van der Waals surface area contributed by atoms with Gasteiger partial charge in [0.15, 0.2) is 17.3 Å². The molecule has 11 heteroatoms. The van der Waals surface area contributed by atoms with Crippen molar-refractivity contribution in [2.45, 2.75) is 31.7 Å². The van der Waals surface area contributed by atoms with Crippen LogP contribution < -0.4 is 15.0 Å². The third-order valence-corrected chi connectivity index (χ3v) is 7.14. The van der Waals surface area contributed by atoms with Crippen LogP contribution in [0.2, 0.25) is 0 Å². The van der Waals surface area contributed by atoms with Crippen molar-refractivity contribution in [1.29, 1.82) is 0 Å². The summed E-state index contributed by atoms with van der Waals surface area (Å²) in [6, 6.07) is 12.2. The Morgan fingerprint density at radius 2 is 1.92 bits per heavy atom. The topological polar surface area (TPSA) is 101 Å². The van der Waals surface area contributed by atoms with Crippen molar-refractivity contribution in [1.82, 2.24) is 34.8 Å². The minimum atomic E-state index is -0.471. The van der Waals surface area contributed by atoms with E-state index in [9.17, 15) is 9.18 Å². The Morgan fingerprint density at radius 1 is 1.16 bits per heavy atom. The predicted molar refractivity (Wildman–Crippen MR) is 139 cm³/mol. The van der Waals surface area contributed by atoms with Crippen LogP contribution >= 0.6 is 0 Å². The van der Waals surface area contributed by atoms with Crippen molar-refractivity contribution in [3.05, 3.63) is 77.8 Å². The Bertz CT molecular complexity index is 1450. The molecule has 6 rings (SSSR count). The van der Waals surface area contributed by atoms with Crippen molar-refractivity contribution in [2.24, 2.45) is 0 Å². The molecule has 2 aliphatic rings. The van der Waals surface area contributed by atoms with Crippen molar-refractivity contribution in [3.8, 4) is 5.75 Å². The van der Waals surface area contributed by atoms with E-state index in [1.165, 1.54) is 5.56 Å². The van der Waals surface area contributed by atoms with Gasteiger partial charge in [0.05, 0.1) is 30.7 Å². The van der Waals surface area contributed by atoms with Gasteiger partial charge < -0.3 is 19.9 Å². The zero-order chi connectivity index (χ0) is 26.3. The molecule has 1 spiro atoms. The number of fused-ring (bicyclic) bond motifs is 1. The van der Waals surface area contributed by atoms with Gasteiger partial charge in [-0.3, -0.25) is 0 Å². The first kappa shape index (κ1) is 24.1. The van der Waals surface area contributed by atoms with Gasteiger partial charge in [0.1, 0.15) is 5.75 Å². The maximum Gasteiger partial charge on any atom is 0.318 e. The van der Waals surface area contributed by atoms with Gasteiger partial charge in [-0.2, -0.15) is 5.10 Å². The van der Waals surface area contributed by atoms with E-state index in [-0.39, 0.29) is 17.5 Å². The number of nitrogens with one attached hydrogen (secondary N) is 1. The van der Waals surface area contributed by atoms with Gasteiger partial charge in [0.2, 0.25) is 5.95 Å². The second-order valence-corrected chi connectivity index (χ2v) is 10.2. The molecule has 2 saturated heterocycles. The number of benzene rings is 1. The monoisotopic (exact) mass is 516 g/mol. The Morgan fingerprint density at radius 3 is 2.68 bits per heavy atom. The van der Waals surface area contributed by atoms with Gasteiger partial charge in [0.25, 0.3) is 0 Å². The van der Waals surface area contributed by atoms with E-state index in [0.717, 1.165) is 29.4 Å². The molecule has 2 fully saturated rings. The number of rotatable bonds is 8. The molecule has 196 valence electrons. The Kier molecular flexibility index (Phi) is 6.05. The van der Waals surface area contributed by atoms with Gasteiger partial charge >= 0.3 is 6.03 Å². The first-order chi connectivity index (χ1) is 18.4. The summed E-state index contributed by atoms with van der Waals surface area (Å²) in [5.74, 6) is 1.68. The number of amides is 2. The Hall–Kier alpha value is -4.28. The number of hydrogen-bond donors (Lipinski definition) is 1. The van der Waals surface area contributed by atoms with Gasteiger partial charge in [-0.15, -0.1) is 0 Å². The van der Waals surface area contributed by atoms with Crippen molar-refractivity contribution >= 4 is 17.6 Å². The smallest absolute Gasteiger partial charge is 0.318 e. The number of pyridine rings is 1. The average Bonchev–Trinajstić information content (AvgIpc) is 3.47. The highest BCUT2D eigenvalue weighted by molar-refractivity contribution is 5.79. The molecule has 3 aromatic heterocycles. The van der Waals surface area contributed by atoms with Crippen LogP contribution in [0.5, 0.6) is 5.75 Å². The highest BCUT2D eigenvalue weighted by Gasteiger charge is 2.51. The summed E-state index contributed by atoms with van der Waals surface area (Å²) in [7, 11) is 0. The lowest BCUT2D eigenvalue weighted by Crippen LogP contribution is -2.69. The third kappa shape index (κ3) is 4.71. The lowest BCUT2D eigenvalue weighted by molar-refractivity contribution is 0.217. The molecule has 2 aliphatic heterocycles. The molecule has 0 unspecified atom stereocenters. The van der Waals surface area contributed by atoms with Crippen LogP contribution in [0.4, 0.5) is 15.1 Å². The first-order valence-electron chi connectivity index (χ1n) is 12.7. The van der Waals surface area contributed by atoms with E-state index >= 15 is 0 Å². The van der Waals surface area contributed by atoms with E-state index in [1.807, 2.05) is 42.3 Å². The average molecular weight is 517 g/mol. The highest BCUT2D eigenvalue weighted by Crippen LogP contribution is 2.30. The summed E-state index contributed by atoms with van der Waals surface area (Å²) in [6.07, 6.45) is 4.69. The quantitative estimate of drug-likeness (QED) is 0.384. The molecule has 1 atom stereocenters. The summed E-state index contributed by atoms with van der Waals surface area (Å²) in [6.45, 7) is 6.95. The molecular weight excluding hydrogens is 487 g/mol. The van der Waals surface area contributed by atoms with E-state index < -0.39 is 5.82 Å². The van der Waals surface area contributed by atoms with Crippen LogP contribution in [-0.2, 0) is 6.42 Å². The molecule has 1 aromatic carbocycles. The Labute approximate surface area is 219 Å². The largest absolute Gasteiger partial charge is 0.491 e. The third-order valence-electron chi connectivity index (χ3n) is 7.14. The second kappa shape index (κ2) is 9.55. The number of hydrogen-bond acceptors (Lipinski definition) is 7. The molecular formula is C27H29FN8O2. The lowest BCUT2D eigenvalue weighted by Gasteiger charge is -2.47. The van der Waals surface area contributed by atoms with Gasteiger partial charge in [-0.1, -0.05) is 37.3 Å². The molecule has 0 radical (unpaired) electrons. The van der Waals surface area contributed by atoms with Crippen molar-refractivity contribution < 1.29 is 13.9 Å². The molecule has 0 saturated carbocycles. The summed E-state index contributed by atoms with van der Waals surface area (Å²) < 4.78 is 20.9. The van der Waals surface area contributed by atoms with E-state index in [4.69, 9.17) is 9.72 Å². The SMILES string of the molecule is Cc1cc(OC[C@H](C)c2ccccc2)cn2nc(CCN3CC4(CN(c5ncc(F)cn5)C4)NC3=O)nc12. The number of carbonyl (C=O) groups excluding carboxylic acids is 1. The number of nitrogens with zero attached hydrogens (tertiary/aromatic N) is 7. The summed E-state index contributed by atoms with van der Waals surface area (Å²) in [5.41, 5.74) is 2.64. The van der Waals surface area contributed by atoms with E-state index in [1.54, 1.807) is 9.42 Å². The highest BCUT2D eigenvalue weighted by atomic mass is 19.1. The fraction of sp³-hybridized carbons (Fsp3) is 0.370. The standard InChI is InChI=1S/C27H29FN8O2/c1-18-10-22(38-14-19(2)20-6-4-3-5-7-20)13-36-24(18)31-23(33-36)8-9-34-15-27(32-26(34)37)16-35(17-27)25-29-11-21(28)12-30-25/h3-7,10-13,19H,8-9,14-17H2,1-2H3,(H,32,37)/t19-/m0/s1. The molecule has 4 aromatic rings. The molecule has 2 amide bonds. The summed E-state index contributed by atoms with van der Waals surface area (Å²) in [5, 5.41) is 7.74. The summed E-state index contributed by atoms with van der Waals surface area (Å²) >= 11 is 0. The minimum absolute atomic E-state index is 0.104. The van der Waals surface area contributed by atoms with E-state index in [0.29, 0.717) is 51.0 Å². The molecule has 0 aliphatic carbocycles. The van der Waals surface area contributed by atoms with Crippen LogP contribution in [-0.4, -0.2) is 73.8 Å². The number of anilines is 1. The fourth-order valence-corrected chi connectivity index (χ4v) is 5.12. The number of carbonyl (C=O) groups is 1. The van der Waals surface area contributed by atoms with Crippen LogP contribution in [0.25, 0.3) is 5.65 Å². The van der Waals surface area contributed by atoms with Crippen LogP contribution in [0.3, 0.4) is 0 Å². The van der Waals surface area contributed by atoms with Crippen LogP contribution in [0, 0.1) is 12.7 Å². The Balaban J connectivity index is 1.05. The molecule has 10 nitrogen and oxygen atoms in total. The maximum absolute atomic E-state index is 13.1. The van der Waals surface area contributed by atoms with Crippen molar-refractivity contribution in [2.75, 3.05) is 37.7 Å². The number of aryl methyl sites for hydroxylation is 1. The molecule has 0 bridgehead atoms. The van der Waals surface area contributed by atoms with Gasteiger partial charge in [-0.05, 0) is 24.1 Å². The second-order valence-electron chi connectivity index (χ2n) is 10.2. The normalized spacial score (nSPS) is 17.1. The molecule has 38 heavy (non-hydrogen) atoms. The lowest BCUT2D eigenvalue weighted by atomic mass is 9.91. The number of aromatic nitrogens is 5. The van der Waals surface area contributed by atoms with Gasteiger partial charge in [0, 0.05) is 38.5 Å². The first-order valence-corrected chi connectivity index (χ1v) is 12.7. The molecule has 5 heterocycles. The zero-order valence-electron chi connectivity index (χ0n) is 21.3. The fourth-order valence-electron chi connectivity index (χ4n) is 5.12. The number of ether oxygens (including phenoxy) is 1. The van der Waals surface area contributed by atoms with Crippen LogP contribution in [0.15, 0.2) is 55.0 Å². The summed E-state index contributed by atoms with van der Waals surface area (Å²) in [4.78, 5) is 29.1. The number of urea groups is 1. The minimum Gasteiger partial charge on any atom is -0.491 e. The zero-order valence-corrected chi connectivity index (χ0v) is 21.3. The predicted octanol–water partition coefficient (Wildman–Crippen LogP) is 2.98. The van der Waals surface area contributed by atoms with E-state index in [2.05, 4.69) is 39.4 Å². The van der Waals surface area contributed by atoms with Crippen LogP contribution in [0.1, 0.15) is 29.8 Å². The van der Waals surface area contributed by atoms with Crippen molar-refractivity contribution in [3.63, 3.8) is 0 Å².